The summed E-state index contributed by atoms with van der Waals surface area (Å²) < 4.78 is 25.8. The average Bonchev–Trinajstić information content (AvgIpc) is 2.75. The predicted molar refractivity (Wildman–Crippen MR) is 63.3 cm³/mol. The summed E-state index contributed by atoms with van der Waals surface area (Å²) in [5.41, 5.74) is 0.0140. The molecule has 1 amide bonds. The molecule has 1 aromatic carbocycles. The van der Waals surface area contributed by atoms with Crippen LogP contribution >= 0.6 is 12.4 Å². The molecule has 0 radical (unpaired) electrons. The maximum absolute atomic E-state index is 13.2. The normalized spacial score (nSPS) is 18.6. The number of carbonyl (C=O) groups is 1. The van der Waals surface area contributed by atoms with E-state index >= 15 is 0 Å². The monoisotopic (exact) mass is 262 g/mol. The number of rotatable bonds is 2. The van der Waals surface area contributed by atoms with E-state index in [9.17, 15) is 13.6 Å². The van der Waals surface area contributed by atoms with Crippen LogP contribution in [0, 0.1) is 11.6 Å². The van der Waals surface area contributed by atoms with Gasteiger partial charge in [-0.1, -0.05) is 0 Å². The second kappa shape index (κ2) is 5.93. The minimum atomic E-state index is -0.758. The van der Waals surface area contributed by atoms with E-state index in [0.29, 0.717) is 0 Å². The summed E-state index contributed by atoms with van der Waals surface area (Å²) in [6, 6.07) is 2.81. The van der Waals surface area contributed by atoms with Crippen LogP contribution in [0.3, 0.4) is 0 Å². The molecule has 1 atom stereocenters. The summed E-state index contributed by atoms with van der Waals surface area (Å²) in [5, 5.41) is 5.44. The summed E-state index contributed by atoms with van der Waals surface area (Å²) in [7, 11) is 0. The van der Waals surface area contributed by atoms with Crippen LogP contribution < -0.4 is 10.6 Å². The van der Waals surface area contributed by atoms with Crippen molar-refractivity contribution in [2.75, 3.05) is 11.9 Å². The summed E-state index contributed by atoms with van der Waals surface area (Å²) in [6.45, 7) is 0.796. The fourth-order valence-electron chi connectivity index (χ4n) is 1.72. The molecule has 0 spiro atoms. The first-order chi connectivity index (χ1) is 7.66. The lowest BCUT2D eigenvalue weighted by atomic mass is 10.2. The minimum Gasteiger partial charge on any atom is -0.322 e. The van der Waals surface area contributed by atoms with Crippen molar-refractivity contribution in [2.24, 2.45) is 0 Å². The molecule has 0 bridgehead atoms. The lowest BCUT2D eigenvalue weighted by molar-refractivity contribution is -0.117. The van der Waals surface area contributed by atoms with Crippen molar-refractivity contribution in [3.63, 3.8) is 0 Å². The van der Waals surface area contributed by atoms with Crippen LogP contribution in [0.5, 0.6) is 0 Å². The van der Waals surface area contributed by atoms with E-state index < -0.39 is 11.6 Å². The Balaban J connectivity index is 0.00000144. The highest BCUT2D eigenvalue weighted by atomic mass is 35.5. The van der Waals surface area contributed by atoms with Crippen LogP contribution in [0.15, 0.2) is 18.2 Å². The molecule has 1 aromatic rings. The van der Waals surface area contributed by atoms with Crippen LogP contribution in [-0.4, -0.2) is 18.5 Å². The largest absolute Gasteiger partial charge is 0.322 e. The zero-order chi connectivity index (χ0) is 11.5. The first-order valence-corrected chi connectivity index (χ1v) is 5.16. The number of anilines is 1. The molecule has 0 aliphatic carbocycles. The minimum absolute atomic E-state index is 0. The Hall–Kier alpha value is -1.20. The summed E-state index contributed by atoms with van der Waals surface area (Å²) >= 11 is 0. The number of benzene rings is 1. The van der Waals surface area contributed by atoms with Gasteiger partial charge < -0.3 is 10.6 Å². The van der Waals surface area contributed by atoms with E-state index in [2.05, 4.69) is 10.6 Å². The number of hydrogen-bond donors (Lipinski definition) is 2. The summed E-state index contributed by atoms with van der Waals surface area (Å²) in [4.78, 5) is 11.6. The van der Waals surface area contributed by atoms with Crippen molar-refractivity contribution >= 4 is 24.0 Å². The second-order valence-corrected chi connectivity index (χ2v) is 3.76. The topological polar surface area (TPSA) is 41.1 Å². The predicted octanol–water partition coefficient (Wildman–Crippen LogP) is 2.08. The highest BCUT2D eigenvalue weighted by Gasteiger charge is 2.22. The molecule has 0 saturated carbocycles. The standard InChI is InChI=1S/C11H12F2N2O.ClH/c12-7-3-4-9(8(13)6-7)15-11(16)10-2-1-5-14-10;/h3-4,6,10,14H,1-2,5H2,(H,15,16);1H. The molecule has 94 valence electrons. The van der Waals surface area contributed by atoms with Gasteiger partial charge in [-0.25, -0.2) is 8.78 Å². The van der Waals surface area contributed by atoms with Crippen LogP contribution in [0.25, 0.3) is 0 Å². The molecular weight excluding hydrogens is 250 g/mol. The number of carbonyl (C=O) groups excluding carboxylic acids is 1. The average molecular weight is 263 g/mol. The number of nitrogens with one attached hydrogen (secondary N) is 2. The SMILES string of the molecule is Cl.O=C(Nc1ccc(F)cc1F)C1CCCN1. The molecule has 6 heteroatoms. The van der Waals surface area contributed by atoms with Crippen molar-refractivity contribution in [1.29, 1.82) is 0 Å². The first kappa shape index (κ1) is 13.9. The van der Waals surface area contributed by atoms with Gasteiger partial charge in [0.05, 0.1) is 11.7 Å². The molecule has 1 saturated heterocycles. The van der Waals surface area contributed by atoms with Gasteiger partial charge in [-0.15, -0.1) is 12.4 Å². The van der Waals surface area contributed by atoms with E-state index in [1.54, 1.807) is 0 Å². The van der Waals surface area contributed by atoms with Crippen LogP contribution in [0.4, 0.5) is 14.5 Å². The summed E-state index contributed by atoms with van der Waals surface area (Å²) in [6.07, 6.45) is 1.68. The molecule has 1 fully saturated rings. The smallest absolute Gasteiger partial charge is 0.241 e. The number of hydrogen-bond acceptors (Lipinski definition) is 2. The Morgan fingerprint density at radius 1 is 1.41 bits per heavy atom. The van der Waals surface area contributed by atoms with E-state index in [0.717, 1.165) is 31.5 Å². The highest BCUT2D eigenvalue weighted by molar-refractivity contribution is 5.95. The first-order valence-electron chi connectivity index (χ1n) is 5.16. The van der Waals surface area contributed by atoms with Crippen LogP contribution in [0.1, 0.15) is 12.8 Å². The summed E-state index contributed by atoms with van der Waals surface area (Å²) in [5.74, 6) is -1.69. The fourth-order valence-corrected chi connectivity index (χ4v) is 1.72. The third kappa shape index (κ3) is 3.38. The Morgan fingerprint density at radius 2 is 2.18 bits per heavy atom. The lowest BCUT2D eigenvalue weighted by Gasteiger charge is -2.11. The molecule has 2 N–H and O–H groups in total. The molecule has 2 rings (SSSR count). The van der Waals surface area contributed by atoms with Crippen molar-refractivity contribution in [3.05, 3.63) is 29.8 Å². The number of amides is 1. The molecule has 1 aliphatic heterocycles. The van der Waals surface area contributed by atoms with Crippen molar-refractivity contribution in [2.45, 2.75) is 18.9 Å². The van der Waals surface area contributed by atoms with E-state index in [4.69, 9.17) is 0 Å². The molecule has 1 aliphatic rings. The van der Waals surface area contributed by atoms with Gasteiger partial charge in [0.25, 0.3) is 0 Å². The zero-order valence-corrected chi connectivity index (χ0v) is 9.82. The molecule has 1 unspecified atom stereocenters. The third-order valence-corrected chi connectivity index (χ3v) is 2.57. The van der Waals surface area contributed by atoms with Crippen LogP contribution in [-0.2, 0) is 4.79 Å². The second-order valence-electron chi connectivity index (χ2n) is 3.76. The Labute approximate surface area is 104 Å². The Kier molecular flexibility index (Phi) is 4.84. The van der Waals surface area contributed by atoms with Crippen molar-refractivity contribution < 1.29 is 13.6 Å². The van der Waals surface area contributed by atoms with Gasteiger partial charge >= 0.3 is 0 Å². The Morgan fingerprint density at radius 3 is 2.76 bits per heavy atom. The highest BCUT2D eigenvalue weighted by Crippen LogP contribution is 2.16. The van der Waals surface area contributed by atoms with Gasteiger partial charge in [0.15, 0.2) is 0 Å². The van der Waals surface area contributed by atoms with E-state index in [-0.39, 0.29) is 30.0 Å². The van der Waals surface area contributed by atoms with Gasteiger partial charge in [0, 0.05) is 6.07 Å². The molecule has 0 aromatic heterocycles. The molecule has 17 heavy (non-hydrogen) atoms. The third-order valence-electron chi connectivity index (χ3n) is 2.57. The van der Waals surface area contributed by atoms with Gasteiger partial charge in [-0.2, -0.15) is 0 Å². The van der Waals surface area contributed by atoms with Gasteiger partial charge in [0.1, 0.15) is 11.6 Å². The zero-order valence-electron chi connectivity index (χ0n) is 9.00. The van der Waals surface area contributed by atoms with E-state index in [1.165, 1.54) is 6.07 Å². The maximum atomic E-state index is 13.2. The van der Waals surface area contributed by atoms with E-state index in [1.807, 2.05) is 0 Å². The molecule has 1 heterocycles. The van der Waals surface area contributed by atoms with Crippen molar-refractivity contribution in [1.82, 2.24) is 5.32 Å². The molecular formula is C11H13ClF2N2O. The fraction of sp³-hybridized carbons (Fsp3) is 0.364. The molecule has 3 nitrogen and oxygen atoms in total. The Bertz CT molecular complexity index is 408. The van der Waals surface area contributed by atoms with Crippen molar-refractivity contribution in [3.8, 4) is 0 Å². The van der Waals surface area contributed by atoms with Crippen LogP contribution in [0.2, 0.25) is 0 Å². The van der Waals surface area contributed by atoms with Gasteiger partial charge in [-0.3, -0.25) is 4.79 Å². The van der Waals surface area contributed by atoms with Gasteiger partial charge in [0.2, 0.25) is 5.91 Å². The van der Waals surface area contributed by atoms with Gasteiger partial charge in [-0.05, 0) is 31.5 Å². The lowest BCUT2D eigenvalue weighted by Crippen LogP contribution is -2.35. The quantitative estimate of drug-likeness (QED) is 0.857. The number of halogens is 3. The maximum Gasteiger partial charge on any atom is 0.241 e.